The molecule has 0 aliphatic heterocycles. The fraction of sp³-hybridized carbons (Fsp3) is 0. The second-order valence-corrected chi connectivity index (χ2v) is 3.94. The number of nitro groups is 1. The first-order valence-electron chi connectivity index (χ1n) is 4.39. The van der Waals surface area contributed by atoms with Crippen LogP contribution in [0.1, 0.15) is 0 Å². The molecule has 2 aromatic rings. The Balaban J connectivity index is 0.00000162. The van der Waals surface area contributed by atoms with Crippen LogP contribution >= 0.6 is 0 Å². The van der Waals surface area contributed by atoms with E-state index in [0.717, 1.165) is 0 Å². The Morgan fingerprint density at radius 3 is 2.33 bits per heavy atom. The first-order chi connectivity index (χ1) is 8.08. The van der Waals surface area contributed by atoms with Gasteiger partial charge in [-0.2, -0.15) is 0 Å². The van der Waals surface area contributed by atoms with Gasteiger partial charge in [-0.1, -0.05) is 5.16 Å². The van der Waals surface area contributed by atoms with E-state index in [-0.39, 0.29) is 40.3 Å². The smallest absolute Gasteiger partial charge is 0.766 e. The summed E-state index contributed by atoms with van der Waals surface area (Å²) in [6, 6.07) is 6.78. The third-order valence-electron chi connectivity index (χ3n) is 2.03. The molecule has 88 valence electrons. The average Bonchev–Trinajstić information content (AvgIpc) is 2.78. The average molecular weight is 276 g/mol. The molecular formula is C9H5N2NaO5S. The minimum atomic E-state index is -2.48. The van der Waals surface area contributed by atoms with Crippen molar-refractivity contribution in [2.45, 2.75) is 5.09 Å². The number of aromatic nitrogens is 1. The number of nitro benzene ring substituents is 1. The molecule has 0 bridgehead atoms. The van der Waals surface area contributed by atoms with Crippen molar-refractivity contribution < 1.29 is 47.8 Å². The van der Waals surface area contributed by atoms with Crippen molar-refractivity contribution in [2.24, 2.45) is 0 Å². The molecule has 1 unspecified atom stereocenters. The molecule has 9 heteroatoms. The molecule has 0 aliphatic rings. The van der Waals surface area contributed by atoms with Gasteiger partial charge >= 0.3 is 29.6 Å². The number of non-ortho nitro benzene ring substituents is 1. The normalized spacial score (nSPS) is 11.6. The van der Waals surface area contributed by atoms with Crippen molar-refractivity contribution in [3.63, 3.8) is 0 Å². The topological polar surface area (TPSA) is 109 Å². The number of hydrogen-bond acceptors (Lipinski definition) is 6. The molecule has 0 saturated carbocycles. The SMILES string of the molecule is O=[N+]([O-])c1ccc(-c2cc(S(=O)[O-])on2)cc1.[Na+]. The van der Waals surface area contributed by atoms with E-state index in [1.807, 2.05) is 0 Å². The van der Waals surface area contributed by atoms with Crippen molar-refractivity contribution in [3.05, 3.63) is 40.4 Å². The zero-order valence-electron chi connectivity index (χ0n) is 9.23. The van der Waals surface area contributed by atoms with Gasteiger partial charge in [-0.25, -0.2) is 0 Å². The fourth-order valence-corrected chi connectivity index (χ4v) is 1.53. The molecule has 2 rings (SSSR count). The third-order valence-corrected chi connectivity index (χ3v) is 2.55. The molecule has 1 aromatic carbocycles. The van der Waals surface area contributed by atoms with Gasteiger partial charge in [-0.15, -0.1) is 0 Å². The van der Waals surface area contributed by atoms with Gasteiger partial charge in [0.2, 0.25) is 5.09 Å². The van der Waals surface area contributed by atoms with Gasteiger partial charge in [0.1, 0.15) is 5.69 Å². The summed E-state index contributed by atoms with van der Waals surface area (Å²) in [5, 5.41) is 13.7. The summed E-state index contributed by atoms with van der Waals surface area (Å²) >= 11 is -2.48. The molecule has 0 fully saturated rings. The second kappa shape index (κ2) is 6.21. The van der Waals surface area contributed by atoms with E-state index in [2.05, 4.69) is 9.68 Å². The summed E-state index contributed by atoms with van der Waals surface area (Å²) in [6.45, 7) is 0. The largest absolute Gasteiger partial charge is 1.00 e. The quantitative estimate of drug-likeness (QED) is 0.292. The van der Waals surface area contributed by atoms with Crippen LogP contribution in [0.2, 0.25) is 0 Å². The molecule has 0 amide bonds. The number of rotatable bonds is 3. The van der Waals surface area contributed by atoms with E-state index in [1.165, 1.54) is 30.3 Å². The number of hydrogen-bond donors (Lipinski definition) is 0. The van der Waals surface area contributed by atoms with E-state index >= 15 is 0 Å². The summed E-state index contributed by atoms with van der Waals surface area (Å²) in [6.07, 6.45) is 0. The molecule has 0 radical (unpaired) electrons. The van der Waals surface area contributed by atoms with Crippen LogP contribution in [0.25, 0.3) is 11.3 Å². The van der Waals surface area contributed by atoms with E-state index in [9.17, 15) is 18.9 Å². The van der Waals surface area contributed by atoms with Crippen molar-refractivity contribution in [1.29, 1.82) is 0 Å². The van der Waals surface area contributed by atoms with Crippen molar-refractivity contribution in [2.75, 3.05) is 0 Å². The monoisotopic (exact) mass is 276 g/mol. The maximum absolute atomic E-state index is 10.6. The Hall–Kier alpha value is -1.06. The van der Waals surface area contributed by atoms with Gasteiger partial charge in [0, 0.05) is 34.8 Å². The molecule has 1 aromatic heterocycles. The standard InChI is InChI=1S/C9H6N2O5S.Na/c12-11(13)7-3-1-6(2-4-7)8-5-9(16-10-8)17(14)15;/h1-5H,(H,14,15);/q;+1/p-1. The van der Waals surface area contributed by atoms with Crippen molar-refractivity contribution >= 4 is 16.8 Å². The summed E-state index contributed by atoms with van der Waals surface area (Å²) in [5.74, 6) is 0. The summed E-state index contributed by atoms with van der Waals surface area (Å²) < 4.78 is 25.7. The van der Waals surface area contributed by atoms with Crippen LogP contribution in [0, 0.1) is 10.1 Å². The third kappa shape index (κ3) is 3.24. The predicted molar refractivity (Wildman–Crippen MR) is 55.8 cm³/mol. The Kier molecular flexibility index (Phi) is 5.17. The van der Waals surface area contributed by atoms with Crippen LogP contribution < -0.4 is 29.6 Å². The summed E-state index contributed by atoms with van der Waals surface area (Å²) in [4.78, 5) is 9.91. The van der Waals surface area contributed by atoms with Crippen LogP contribution in [0.15, 0.2) is 39.9 Å². The second-order valence-electron chi connectivity index (χ2n) is 3.07. The first-order valence-corrected chi connectivity index (χ1v) is 5.46. The molecule has 7 nitrogen and oxygen atoms in total. The number of benzene rings is 1. The van der Waals surface area contributed by atoms with Gasteiger partial charge in [-0.05, 0) is 12.1 Å². The molecular weight excluding hydrogens is 271 g/mol. The van der Waals surface area contributed by atoms with E-state index in [1.54, 1.807) is 0 Å². The molecule has 0 aliphatic carbocycles. The Bertz CT molecular complexity index is 583. The van der Waals surface area contributed by atoms with Gasteiger partial charge in [0.25, 0.3) is 5.69 Å². The minimum Gasteiger partial charge on any atom is -0.766 e. The first kappa shape index (κ1) is 15.0. The van der Waals surface area contributed by atoms with Gasteiger partial charge in [0.05, 0.1) is 4.92 Å². The molecule has 0 N–H and O–H groups in total. The fourth-order valence-electron chi connectivity index (χ4n) is 1.23. The van der Waals surface area contributed by atoms with Crippen molar-refractivity contribution in [3.8, 4) is 11.3 Å². The van der Waals surface area contributed by atoms with Crippen molar-refractivity contribution in [1.82, 2.24) is 5.16 Å². The van der Waals surface area contributed by atoms with Crippen LogP contribution in [0.3, 0.4) is 0 Å². The molecule has 1 heterocycles. The van der Waals surface area contributed by atoms with E-state index < -0.39 is 16.0 Å². The predicted octanol–water partition coefficient (Wildman–Crippen LogP) is -1.51. The minimum absolute atomic E-state index is 0. The maximum Gasteiger partial charge on any atom is 1.00 e. The number of nitrogens with zero attached hydrogens (tertiary/aromatic N) is 2. The van der Waals surface area contributed by atoms with Crippen LogP contribution in [0.4, 0.5) is 5.69 Å². The molecule has 0 spiro atoms. The van der Waals surface area contributed by atoms with E-state index in [0.29, 0.717) is 11.3 Å². The van der Waals surface area contributed by atoms with E-state index in [4.69, 9.17) is 0 Å². The summed E-state index contributed by atoms with van der Waals surface area (Å²) in [7, 11) is 0. The Morgan fingerprint density at radius 2 is 1.89 bits per heavy atom. The van der Waals surface area contributed by atoms with Gasteiger partial charge < -0.3 is 9.08 Å². The maximum atomic E-state index is 10.6. The zero-order valence-corrected chi connectivity index (χ0v) is 12.0. The van der Waals surface area contributed by atoms with Crippen LogP contribution in [-0.2, 0) is 11.1 Å². The Labute approximate surface area is 126 Å². The summed E-state index contributed by atoms with van der Waals surface area (Å²) in [5.41, 5.74) is 0.792. The molecule has 1 atom stereocenters. The Morgan fingerprint density at radius 1 is 1.28 bits per heavy atom. The van der Waals surface area contributed by atoms with Gasteiger partial charge in [0.15, 0.2) is 0 Å². The molecule has 18 heavy (non-hydrogen) atoms. The molecule has 0 saturated heterocycles. The zero-order chi connectivity index (χ0) is 12.4. The van der Waals surface area contributed by atoms with Gasteiger partial charge in [-0.3, -0.25) is 14.3 Å². The van der Waals surface area contributed by atoms with Crippen LogP contribution in [-0.4, -0.2) is 18.8 Å². The van der Waals surface area contributed by atoms with Crippen LogP contribution in [0.5, 0.6) is 0 Å².